The lowest BCUT2D eigenvalue weighted by Crippen LogP contribution is -2.44. The maximum atomic E-state index is 12.4. The normalized spacial score (nSPS) is 14.9. The summed E-state index contributed by atoms with van der Waals surface area (Å²) in [7, 11) is 1.76. The van der Waals surface area contributed by atoms with E-state index in [-0.39, 0.29) is 30.1 Å². The number of benzene rings is 1. The van der Waals surface area contributed by atoms with Crippen molar-refractivity contribution in [2.24, 2.45) is 4.99 Å². The Kier molecular flexibility index (Phi) is 13.7. The van der Waals surface area contributed by atoms with E-state index in [0.717, 1.165) is 39.3 Å². The number of morpholine rings is 1. The minimum atomic E-state index is -0.497. The number of guanidine groups is 1. The van der Waals surface area contributed by atoms with Crippen LogP contribution in [0.15, 0.2) is 29.3 Å². The van der Waals surface area contributed by atoms with E-state index in [2.05, 4.69) is 51.7 Å². The number of amides is 1. The Hall–Kier alpha value is -1.59. The number of nitrogens with zero attached hydrogens (tertiary/aromatic N) is 3. The van der Waals surface area contributed by atoms with Gasteiger partial charge in [-0.25, -0.2) is 4.79 Å². The molecule has 2 rings (SSSR count). The van der Waals surface area contributed by atoms with Gasteiger partial charge < -0.3 is 25.0 Å². The molecule has 2 N–H and O–H groups in total. The molecule has 1 aromatic carbocycles. The summed E-state index contributed by atoms with van der Waals surface area (Å²) in [5.41, 5.74) is 2.07. The van der Waals surface area contributed by atoms with Crippen molar-refractivity contribution in [2.75, 3.05) is 53.0 Å². The highest BCUT2D eigenvalue weighted by atomic mass is 127. The van der Waals surface area contributed by atoms with Crippen molar-refractivity contribution in [1.29, 1.82) is 0 Å². The maximum Gasteiger partial charge on any atom is 0.410 e. The highest BCUT2D eigenvalue weighted by Gasteiger charge is 2.21. The summed E-state index contributed by atoms with van der Waals surface area (Å²) in [5, 5.41) is 6.71. The van der Waals surface area contributed by atoms with E-state index in [1.54, 1.807) is 11.9 Å². The van der Waals surface area contributed by atoms with Gasteiger partial charge in [0, 0.05) is 52.9 Å². The number of carbonyl (C=O) groups excluding carboxylic acids is 1. The number of halogens is 1. The lowest BCUT2D eigenvalue weighted by Gasteiger charge is -2.28. The summed E-state index contributed by atoms with van der Waals surface area (Å²) in [6.45, 7) is 14.7. The van der Waals surface area contributed by atoms with Crippen LogP contribution in [-0.4, -0.2) is 80.4 Å². The van der Waals surface area contributed by atoms with Crippen LogP contribution in [0.25, 0.3) is 0 Å². The average molecular weight is 576 g/mol. The molecule has 0 bridgehead atoms. The molecule has 0 unspecified atom stereocenters. The van der Waals surface area contributed by atoms with Crippen molar-refractivity contribution in [3.05, 3.63) is 35.4 Å². The monoisotopic (exact) mass is 575 g/mol. The Bertz CT molecular complexity index is 733. The number of hydrogen-bond acceptors (Lipinski definition) is 5. The third-order valence-corrected chi connectivity index (χ3v) is 5.11. The number of ether oxygens (including phenoxy) is 2. The Morgan fingerprint density at radius 3 is 2.42 bits per heavy atom. The van der Waals surface area contributed by atoms with Gasteiger partial charge in [-0.2, -0.15) is 0 Å². The molecule has 0 saturated carbocycles. The molecule has 0 aromatic heterocycles. The van der Waals surface area contributed by atoms with Crippen molar-refractivity contribution in [3.8, 4) is 0 Å². The topological polar surface area (TPSA) is 78.4 Å². The first kappa shape index (κ1) is 29.4. The van der Waals surface area contributed by atoms with Crippen LogP contribution in [0.2, 0.25) is 0 Å². The first-order chi connectivity index (χ1) is 15.3. The Labute approximate surface area is 216 Å². The number of aliphatic imine (C=N–C) groups is 1. The van der Waals surface area contributed by atoms with Gasteiger partial charge >= 0.3 is 6.09 Å². The largest absolute Gasteiger partial charge is 0.444 e. The summed E-state index contributed by atoms with van der Waals surface area (Å²) < 4.78 is 11.0. The van der Waals surface area contributed by atoms with Gasteiger partial charge in [-0.3, -0.25) is 9.89 Å². The SMILES string of the molecule is CCCN(CCNC(=NC)NCc1ccccc1CN1CCOCC1)C(=O)OC(C)(C)C.I. The van der Waals surface area contributed by atoms with Gasteiger partial charge in [0.2, 0.25) is 0 Å². The standard InChI is InChI=1S/C24H41N5O3.HI/c1-6-12-29(23(30)32-24(2,3)4)13-11-26-22(25-5)27-18-20-9-7-8-10-21(20)19-28-14-16-31-17-15-28;/h7-10H,6,11-19H2,1-5H3,(H2,25,26,27);1H. The van der Waals surface area contributed by atoms with E-state index in [9.17, 15) is 4.79 Å². The molecule has 1 fully saturated rings. The molecule has 1 aliphatic rings. The fourth-order valence-corrected chi connectivity index (χ4v) is 3.48. The molecule has 1 aromatic rings. The zero-order valence-corrected chi connectivity index (χ0v) is 23.2. The lowest BCUT2D eigenvalue weighted by atomic mass is 10.1. The molecule has 1 saturated heterocycles. The van der Waals surface area contributed by atoms with Crippen LogP contribution in [-0.2, 0) is 22.6 Å². The smallest absolute Gasteiger partial charge is 0.410 e. The average Bonchev–Trinajstić information content (AvgIpc) is 2.76. The fourth-order valence-electron chi connectivity index (χ4n) is 3.48. The second kappa shape index (κ2) is 15.3. The number of hydrogen-bond donors (Lipinski definition) is 2. The molecule has 188 valence electrons. The van der Waals surface area contributed by atoms with Gasteiger partial charge in [-0.05, 0) is 38.3 Å². The van der Waals surface area contributed by atoms with Gasteiger partial charge in [-0.1, -0.05) is 31.2 Å². The Balaban J connectivity index is 0.00000544. The van der Waals surface area contributed by atoms with E-state index in [4.69, 9.17) is 9.47 Å². The molecular formula is C24H42IN5O3. The van der Waals surface area contributed by atoms with Crippen molar-refractivity contribution < 1.29 is 14.3 Å². The Morgan fingerprint density at radius 1 is 1.15 bits per heavy atom. The van der Waals surface area contributed by atoms with Crippen LogP contribution in [0.1, 0.15) is 45.2 Å². The van der Waals surface area contributed by atoms with Gasteiger partial charge in [0.05, 0.1) is 13.2 Å². The number of rotatable bonds is 9. The zero-order valence-electron chi connectivity index (χ0n) is 20.9. The highest BCUT2D eigenvalue weighted by molar-refractivity contribution is 14.0. The van der Waals surface area contributed by atoms with Crippen LogP contribution in [0.5, 0.6) is 0 Å². The second-order valence-electron chi connectivity index (χ2n) is 8.98. The van der Waals surface area contributed by atoms with Crippen LogP contribution < -0.4 is 10.6 Å². The lowest BCUT2D eigenvalue weighted by molar-refractivity contribution is 0.0253. The van der Waals surface area contributed by atoms with Crippen LogP contribution in [0.3, 0.4) is 0 Å². The second-order valence-corrected chi connectivity index (χ2v) is 8.98. The molecule has 0 radical (unpaired) electrons. The number of nitrogens with one attached hydrogen (secondary N) is 2. The molecule has 0 spiro atoms. The first-order valence-corrected chi connectivity index (χ1v) is 11.6. The maximum absolute atomic E-state index is 12.4. The predicted molar refractivity (Wildman–Crippen MR) is 144 cm³/mol. The molecule has 1 aliphatic heterocycles. The molecule has 9 heteroatoms. The third kappa shape index (κ3) is 11.4. The Morgan fingerprint density at radius 2 is 1.82 bits per heavy atom. The van der Waals surface area contributed by atoms with Crippen molar-refractivity contribution >= 4 is 36.0 Å². The van der Waals surface area contributed by atoms with Crippen molar-refractivity contribution in [1.82, 2.24) is 20.4 Å². The molecule has 0 aliphatic carbocycles. The molecule has 33 heavy (non-hydrogen) atoms. The van der Waals surface area contributed by atoms with Crippen molar-refractivity contribution in [2.45, 2.75) is 52.8 Å². The van der Waals surface area contributed by atoms with Crippen LogP contribution in [0.4, 0.5) is 4.79 Å². The van der Waals surface area contributed by atoms with Gasteiger partial charge in [-0.15, -0.1) is 24.0 Å². The molecular weight excluding hydrogens is 533 g/mol. The van der Waals surface area contributed by atoms with Gasteiger partial charge in [0.1, 0.15) is 5.60 Å². The highest BCUT2D eigenvalue weighted by Crippen LogP contribution is 2.13. The van der Waals surface area contributed by atoms with Gasteiger partial charge in [0.15, 0.2) is 5.96 Å². The summed E-state index contributed by atoms with van der Waals surface area (Å²) in [6.07, 6.45) is 0.604. The quantitative estimate of drug-likeness (QED) is 0.267. The molecule has 1 amide bonds. The summed E-state index contributed by atoms with van der Waals surface area (Å²) in [5.74, 6) is 0.715. The van der Waals surface area contributed by atoms with Crippen LogP contribution in [0, 0.1) is 0 Å². The fraction of sp³-hybridized carbons (Fsp3) is 0.667. The minimum absolute atomic E-state index is 0. The summed E-state index contributed by atoms with van der Waals surface area (Å²) >= 11 is 0. The van der Waals surface area contributed by atoms with E-state index >= 15 is 0 Å². The molecule has 0 atom stereocenters. The predicted octanol–water partition coefficient (Wildman–Crippen LogP) is 3.45. The zero-order chi connectivity index (χ0) is 23.4. The van der Waals surface area contributed by atoms with Crippen molar-refractivity contribution in [3.63, 3.8) is 0 Å². The molecule has 8 nitrogen and oxygen atoms in total. The van der Waals surface area contributed by atoms with E-state index in [1.165, 1.54) is 11.1 Å². The van der Waals surface area contributed by atoms with Gasteiger partial charge in [0.25, 0.3) is 0 Å². The van der Waals surface area contributed by atoms with E-state index in [1.807, 2.05) is 20.8 Å². The summed E-state index contributed by atoms with van der Waals surface area (Å²) in [4.78, 5) is 20.9. The minimum Gasteiger partial charge on any atom is -0.444 e. The third-order valence-electron chi connectivity index (χ3n) is 5.11. The molecule has 1 heterocycles. The van der Waals surface area contributed by atoms with E-state index in [0.29, 0.717) is 32.1 Å². The summed E-state index contributed by atoms with van der Waals surface area (Å²) in [6, 6.07) is 8.50. The van der Waals surface area contributed by atoms with E-state index < -0.39 is 5.60 Å². The first-order valence-electron chi connectivity index (χ1n) is 11.6. The number of carbonyl (C=O) groups is 1. The van der Waals surface area contributed by atoms with Crippen LogP contribution >= 0.6 is 24.0 Å².